The summed E-state index contributed by atoms with van der Waals surface area (Å²) < 4.78 is 0. The molecule has 1 atom stereocenters. The first-order valence-corrected chi connectivity index (χ1v) is 4.92. The van der Waals surface area contributed by atoms with Gasteiger partial charge in [0.05, 0.1) is 0 Å². The molecule has 0 saturated carbocycles. The van der Waals surface area contributed by atoms with Crippen molar-refractivity contribution < 1.29 is 4.79 Å². The lowest BCUT2D eigenvalue weighted by Crippen LogP contribution is -2.37. The largest absolute Gasteiger partial charge is 0.355 e. The maximum absolute atomic E-state index is 11.3. The minimum atomic E-state index is -0.270. The molecule has 0 spiro atoms. The molecule has 1 aromatic rings. The van der Waals surface area contributed by atoms with E-state index in [4.69, 9.17) is 0 Å². The van der Waals surface area contributed by atoms with Crippen LogP contribution in [0.5, 0.6) is 0 Å². The summed E-state index contributed by atoms with van der Waals surface area (Å²) in [5, 5.41) is 13.7. The van der Waals surface area contributed by atoms with Crippen molar-refractivity contribution in [3.63, 3.8) is 0 Å². The lowest BCUT2D eigenvalue weighted by molar-refractivity contribution is -0.121. The predicted molar refractivity (Wildman–Crippen MR) is 51.7 cm³/mol. The van der Waals surface area contributed by atoms with E-state index in [2.05, 4.69) is 20.8 Å². The average Bonchev–Trinajstić information content (AvgIpc) is 2.57. The second-order valence-corrected chi connectivity index (χ2v) is 3.34. The van der Waals surface area contributed by atoms with Crippen LogP contribution in [0.3, 0.4) is 0 Å². The van der Waals surface area contributed by atoms with E-state index in [1.807, 2.05) is 6.92 Å². The van der Waals surface area contributed by atoms with Crippen molar-refractivity contribution in [2.24, 2.45) is 0 Å². The normalized spacial score (nSPS) is 12.2. The van der Waals surface area contributed by atoms with Gasteiger partial charge in [0.1, 0.15) is 11.6 Å². The number of hydrogen-bond acceptors (Lipinski definition) is 5. The van der Waals surface area contributed by atoms with Gasteiger partial charge in [-0.25, -0.2) is 0 Å². The molecule has 0 saturated heterocycles. The molecule has 6 heteroatoms. The van der Waals surface area contributed by atoms with Gasteiger partial charge in [-0.15, -0.1) is 10.2 Å². The van der Waals surface area contributed by atoms with Crippen LogP contribution in [0.25, 0.3) is 0 Å². The van der Waals surface area contributed by atoms with Crippen molar-refractivity contribution in [3.8, 4) is 0 Å². The van der Waals surface area contributed by atoms with E-state index < -0.39 is 0 Å². The third-order valence-corrected chi connectivity index (χ3v) is 2.07. The number of anilines is 1. The second-order valence-electron chi connectivity index (χ2n) is 2.50. The van der Waals surface area contributed by atoms with Crippen molar-refractivity contribution >= 4 is 22.4 Å². The van der Waals surface area contributed by atoms with E-state index in [0.29, 0.717) is 11.7 Å². The van der Waals surface area contributed by atoms with Crippen LogP contribution in [0.1, 0.15) is 13.8 Å². The molecule has 0 bridgehead atoms. The van der Waals surface area contributed by atoms with Gasteiger partial charge in [0, 0.05) is 6.54 Å². The number of nitrogens with one attached hydrogen (secondary N) is 2. The van der Waals surface area contributed by atoms with E-state index in [1.165, 1.54) is 11.3 Å². The maximum Gasteiger partial charge on any atom is 0.242 e. The summed E-state index contributed by atoms with van der Waals surface area (Å²) >= 11 is 1.37. The van der Waals surface area contributed by atoms with Gasteiger partial charge in [-0.3, -0.25) is 4.79 Å². The molecule has 1 unspecified atom stereocenters. The highest BCUT2D eigenvalue weighted by atomic mass is 32.1. The Labute approximate surface area is 80.6 Å². The van der Waals surface area contributed by atoms with Gasteiger partial charge in [-0.2, -0.15) is 0 Å². The Bertz CT molecular complexity index is 261. The Morgan fingerprint density at radius 3 is 3.08 bits per heavy atom. The average molecular weight is 200 g/mol. The summed E-state index contributed by atoms with van der Waals surface area (Å²) in [7, 11) is 0. The number of nitrogens with zero attached hydrogens (tertiary/aromatic N) is 2. The molecule has 1 amide bonds. The van der Waals surface area contributed by atoms with Crippen LogP contribution in [0.4, 0.5) is 5.13 Å². The first kappa shape index (κ1) is 9.91. The lowest BCUT2D eigenvalue weighted by Gasteiger charge is -2.11. The molecule has 1 rings (SSSR count). The molecule has 72 valence electrons. The first-order valence-electron chi connectivity index (χ1n) is 4.04. The van der Waals surface area contributed by atoms with E-state index in [-0.39, 0.29) is 11.9 Å². The molecule has 1 heterocycles. The highest BCUT2D eigenvalue weighted by Crippen LogP contribution is 2.09. The van der Waals surface area contributed by atoms with Crippen molar-refractivity contribution in [2.75, 3.05) is 11.9 Å². The lowest BCUT2D eigenvalue weighted by atomic mass is 10.3. The quantitative estimate of drug-likeness (QED) is 0.741. The minimum absolute atomic E-state index is 0.0299. The van der Waals surface area contributed by atoms with Crippen LogP contribution < -0.4 is 10.6 Å². The van der Waals surface area contributed by atoms with Gasteiger partial charge < -0.3 is 10.6 Å². The third kappa shape index (κ3) is 2.98. The summed E-state index contributed by atoms with van der Waals surface area (Å²) in [6, 6.07) is -0.270. The molecule has 5 nitrogen and oxygen atoms in total. The Kier molecular flexibility index (Phi) is 3.63. The smallest absolute Gasteiger partial charge is 0.242 e. The molecule has 1 aromatic heterocycles. The molecular weight excluding hydrogens is 188 g/mol. The van der Waals surface area contributed by atoms with E-state index in [9.17, 15) is 4.79 Å². The summed E-state index contributed by atoms with van der Waals surface area (Å²) in [6.45, 7) is 4.31. The number of carbonyl (C=O) groups is 1. The zero-order chi connectivity index (χ0) is 9.68. The summed E-state index contributed by atoms with van der Waals surface area (Å²) in [5.41, 5.74) is 1.62. The highest BCUT2D eigenvalue weighted by molar-refractivity contribution is 7.13. The molecule has 2 N–H and O–H groups in total. The molecule has 0 aliphatic rings. The van der Waals surface area contributed by atoms with Gasteiger partial charge in [-0.05, 0) is 13.8 Å². The summed E-state index contributed by atoms with van der Waals surface area (Å²) in [4.78, 5) is 11.3. The minimum Gasteiger partial charge on any atom is -0.355 e. The summed E-state index contributed by atoms with van der Waals surface area (Å²) in [5.74, 6) is -0.0299. The van der Waals surface area contributed by atoms with Gasteiger partial charge in [-0.1, -0.05) is 11.3 Å². The number of rotatable bonds is 4. The van der Waals surface area contributed by atoms with Crippen molar-refractivity contribution in [3.05, 3.63) is 5.51 Å². The van der Waals surface area contributed by atoms with E-state index >= 15 is 0 Å². The first-order chi connectivity index (χ1) is 6.24. The number of likely N-dealkylation sites (N-methyl/N-ethyl adjacent to an activating group) is 1. The van der Waals surface area contributed by atoms with Crippen LogP contribution in [0.2, 0.25) is 0 Å². The SMILES string of the molecule is CCNC(=O)C(C)Nc1nncs1. The Morgan fingerprint density at radius 1 is 1.77 bits per heavy atom. The maximum atomic E-state index is 11.3. The number of amides is 1. The number of carbonyl (C=O) groups excluding carboxylic acids is 1. The second kappa shape index (κ2) is 4.76. The topological polar surface area (TPSA) is 66.9 Å². The highest BCUT2D eigenvalue weighted by Gasteiger charge is 2.11. The van der Waals surface area contributed by atoms with E-state index in [0.717, 1.165) is 0 Å². The monoisotopic (exact) mass is 200 g/mol. The third-order valence-electron chi connectivity index (χ3n) is 1.44. The zero-order valence-electron chi connectivity index (χ0n) is 7.57. The Hall–Kier alpha value is -1.17. The van der Waals surface area contributed by atoms with Crippen LogP contribution in [-0.2, 0) is 4.79 Å². The zero-order valence-corrected chi connectivity index (χ0v) is 8.39. The van der Waals surface area contributed by atoms with Gasteiger partial charge >= 0.3 is 0 Å². The Balaban J connectivity index is 2.41. The standard InChI is InChI=1S/C7H12N4OS/c1-3-8-6(12)5(2)10-7-11-9-4-13-7/h4-5H,3H2,1-2H3,(H,8,12)(H,10,11). The fourth-order valence-corrected chi connectivity index (χ4v) is 1.35. The van der Waals surface area contributed by atoms with Crippen LogP contribution >= 0.6 is 11.3 Å². The molecule has 0 aliphatic heterocycles. The van der Waals surface area contributed by atoms with Crippen LogP contribution in [0.15, 0.2) is 5.51 Å². The molecule has 0 fully saturated rings. The molecule has 0 radical (unpaired) electrons. The molecular formula is C7H12N4OS. The van der Waals surface area contributed by atoms with Gasteiger partial charge in [0.15, 0.2) is 0 Å². The number of hydrogen-bond donors (Lipinski definition) is 2. The van der Waals surface area contributed by atoms with Gasteiger partial charge in [0.25, 0.3) is 0 Å². The van der Waals surface area contributed by atoms with Crippen LogP contribution in [-0.4, -0.2) is 28.7 Å². The van der Waals surface area contributed by atoms with Gasteiger partial charge in [0.2, 0.25) is 11.0 Å². The van der Waals surface area contributed by atoms with Crippen molar-refractivity contribution in [1.29, 1.82) is 0 Å². The Morgan fingerprint density at radius 2 is 2.54 bits per heavy atom. The van der Waals surface area contributed by atoms with E-state index in [1.54, 1.807) is 12.4 Å². The summed E-state index contributed by atoms with van der Waals surface area (Å²) in [6.07, 6.45) is 0. The number of aromatic nitrogens is 2. The molecule has 0 aliphatic carbocycles. The molecule has 13 heavy (non-hydrogen) atoms. The molecule has 0 aromatic carbocycles. The van der Waals surface area contributed by atoms with Crippen molar-refractivity contribution in [2.45, 2.75) is 19.9 Å². The predicted octanol–water partition coefficient (Wildman–Crippen LogP) is 0.475. The fraction of sp³-hybridized carbons (Fsp3) is 0.571. The van der Waals surface area contributed by atoms with Crippen molar-refractivity contribution in [1.82, 2.24) is 15.5 Å². The fourth-order valence-electron chi connectivity index (χ4n) is 0.814. The van der Waals surface area contributed by atoms with Crippen LogP contribution in [0, 0.1) is 0 Å².